The molecular formula is C19H23N2O3P. The topological polar surface area (TPSA) is 34.2 Å². The summed E-state index contributed by atoms with van der Waals surface area (Å²) in [5.41, 5.74) is 1.96. The van der Waals surface area contributed by atoms with E-state index in [1.165, 1.54) is 0 Å². The maximum atomic E-state index is 6.64. The molecule has 4 rings (SSSR count). The summed E-state index contributed by atoms with van der Waals surface area (Å²) in [6.45, 7) is 1.65. The number of nitrogens with zero attached hydrogens (tertiary/aromatic N) is 2. The fraction of sp³-hybridized carbons (Fsp3) is 0.263. The number of hydrogen-bond donors (Lipinski definition) is 0. The van der Waals surface area contributed by atoms with Crippen molar-refractivity contribution in [3.05, 3.63) is 71.8 Å². The van der Waals surface area contributed by atoms with Gasteiger partial charge in [0.2, 0.25) is 0 Å². The quantitative estimate of drug-likeness (QED) is 0.768. The van der Waals surface area contributed by atoms with Gasteiger partial charge < -0.3 is 0 Å². The van der Waals surface area contributed by atoms with Crippen LogP contribution >= 0.6 is 7.59 Å². The number of rotatable bonds is 3. The number of hydrogen-bond acceptors (Lipinski definition) is 5. The molecule has 0 bridgehead atoms. The van der Waals surface area contributed by atoms with Crippen LogP contribution in [-0.4, -0.2) is 43.6 Å². The second-order valence-corrected chi connectivity index (χ2v) is 10.0. The molecule has 0 aromatic heterocycles. The molecule has 132 valence electrons. The van der Waals surface area contributed by atoms with Gasteiger partial charge in [-0.1, -0.05) is 0 Å². The summed E-state index contributed by atoms with van der Waals surface area (Å²) in [6.07, 6.45) is 0. The molecule has 1 spiro atoms. The van der Waals surface area contributed by atoms with Gasteiger partial charge in [-0.15, -0.1) is 0 Å². The molecule has 25 heavy (non-hydrogen) atoms. The molecule has 2 aromatic carbocycles. The molecule has 5 nitrogen and oxygen atoms in total. The van der Waals surface area contributed by atoms with Gasteiger partial charge in [-0.25, -0.2) is 0 Å². The van der Waals surface area contributed by atoms with Crippen molar-refractivity contribution in [2.75, 3.05) is 34.3 Å². The minimum absolute atomic E-state index is 0.729. The SMILES string of the molecule is COP12(OC(c3ccccc3)=C(c3ccccc3)O1)N(C)CCN2C. The van der Waals surface area contributed by atoms with Crippen molar-refractivity contribution in [1.29, 1.82) is 0 Å². The third kappa shape index (κ3) is 2.24. The third-order valence-electron chi connectivity index (χ3n) is 4.97. The van der Waals surface area contributed by atoms with Gasteiger partial charge in [0.25, 0.3) is 0 Å². The summed E-state index contributed by atoms with van der Waals surface area (Å²) in [5, 5.41) is 0. The Labute approximate surface area is 148 Å². The number of benzene rings is 2. The fourth-order valence-electron chi connectivity index (χ4n) is 3.48. The molecule has 0 unspecified atom stereocenters. The van der Waals surface area contributed by atoms with Crippen LogP contribution in [0.2, 0.25) is 0 Å². The molecular weight excluding hydrogens is 335 g/mol. The van der Waals surface area contributed by atoms with E-state index in [0.29, 0.717) is 0 Å². The van der Waals surface area contributed by atoms with Gasteiger partial charge in [0.15, 0.2) is 0 Å². The van der Waals surface area contributed by atoms with Crippen LogP contribution in [0.15, 0.2) is 60.7 Å². The van der Waals surface area contributed by atoms with Crippen molar-refractivity contribution in [2.24, 2.45) is 0 Å². The molecule has 1 saturated heterocycles. The Balaban J connectivity index is 1.91. The van der Waals surface area contributed by atoms with E-state index in [2.05, 4.69) is 9.34 Å². The van der Waals surface area contributed by atoms with Crippen molar-refractivity contribution in [3.63, 3.8) is 0 Å². The molecule has 0 saturated carbocycles. The summed E-state index contributed by atoms with van der Waals surface area (Å²) < 4.78 is 23.5. The summed E-state index contributed by atoms with van der Waals surface area (Å²) in [7, 11) is 2.08. The predicted molar refractivity (Wildman–Crippen MR) is 101 cm³/mol. The Morgan fingerprint density at radius 2 is 1.16 bits per heavy atom. The van der Waals surface area contributed by atoms with Crippen molar-refractivity contribution < 1.29 is 13.6 Å². The molecule has 0 amide bonds. The molecule has 2 aliphatic heterocycles. The Morgan fingerprint density at radius 1 is 0.760 bits per heavy atom. The van der Waals surface area contributed by atoms with Crippen LogP contribution in [0.25, 0.3) is 11.5 Å². The van der Waals surface area contributed by atoms with Gasteiger partial charge in [-0.3, -0.25) is 0 Å². The zero-order valence-electron chi connectivity index (χ0n) is 14.8. The van der Waals surface area contributed by atoms with E-state index in [4.69, 9.17) is 13.6 Å². The standard InChI is InChI=1S/C19H23N2O3P/c1-20-14-15-21(2)25(20,22-3)23-18(16-10-6-4-7-11-16)19(24-25)17-12-8-5-9-13-17/h4-13H,14-15H2,1-3H3. The fourth-order valence-corrected chi connectivity index (χ4v) is 7.15. The van der Waals surface area contributed by atoms with Crippen LogP contribution in [0, 0.1) is 0 Å². The van der Waals surface area contributed by atoms with E-state index < -0.39 is 7.59 Å². The normalized spacial score (nSPS) is 23.9. The second kappa shape index (κ2) is 5.82. The molecule has 0 N–H and O–H groups in total. The second-order valence-electron chi connectivity index (χ2n) is 6.32. The summed E-state index contributed by atoms with van der Waals surface area (Å²) in [4.78, 5) is 0. The Morgan fingerprint density at radius 3 is 1.52 bits per heavy atom. The average molecular weight is 358 g/mol. The van der Waals surface area contributed by atoms with Crippen LogP contribution in [0.4, 0.5) is 0 Å². The van der Waals surface area contributed by atoms with Crippen LogP contribution < -0.4 is 0 Å². The molecule has 0 aliphatic carbocycles. The van der Waals surface area contributed by atoms with E-state index in [1.807, 2.05) is 74.8 Å². The molecule has 6 heteroatoms. The van der Waals surface area contributed by atoms with Crippen molar-refractivity contribution in [2.45, 2.75) is 0 Å². The summed E-state index contributed by atoms with van der Waals surface area (Å²) in [6, 6.07) is 20.1. The van der Waals surface area contributed by atoms with Gasteiger partial charge >= 0.3 is 148 Å². The molecule has 2 aromatic rings. The molecule has 0 radical (unpaired) electrons. The van der Waals surface area contributed by atoms with Crippen LogP contribution in [0.5, 0.6) is 0 Å². The van der Waals surface area contributed by atoms with Crippen molar-refractivity contribution in [1.82, 2.24) is 9.34 Å². The van der Waals surface area contributed by atoms with Crippen LogP contribution in [0.1, 0.15) is 11.1 Å². The Kier molecular flexibility index (Phi) is 3.85. The minimum atomic E-state index is -3.59. The van der Waals surface area contributed by atoms with Crippen LogP contribution in [0.3, 0.4) is 0 Å². The first-order valence-corrected chi connectivity index (χ1v) is 10.3. The van der Waals surface area contributed by atoms with Gasteiger partial charge in [0.1, 0.15) is 0 Å². The van der Waals surface area contributed by atoms with Crippen molar-refractivity contribution >= 4 is 19.1 Å². The van der Waals surface area contributed by atoms with Gasteiger partial charge in [0.05, 0.1) is 0 Å². The molecule has 2 heterocycles. The maximum absolute atomic E-state index is 6.64. The Hall–Kier alpha value is -1.91. The van der Waals surface area contributed by atoms with E-state index in [1.54, 1.807) is 7.11 Å². The first kappa shape index (κ1) is 16.6. The van der Waals surface area contributed by atoms with Crippen LogP contribution in [-0.2, 0) is 13.6 Å². The first-order chi connectivity index (χ1) is 12.1. The summed E-state index contributed by atoms with van der Waals surface area (Å²) >= 11 is 0. The van der Waals surface area contributed by atoms with Gasteiger partial charge in [-0.05, 0) is 0 Å². The van der Waals surface area contributed by atoms with Crippen molar-refractivity contribution in [3.8, 4) is 0 Å². The van der Waals surface area contributed by atoms with E-state index in [-0.39, 0.29) is 0 Å². The molecule has 2 aliphatic rings. The predicted octanol–water partition coefficient (Wildman–Crippen LogP) is 4.21. The third-order valence-corrected chi connectivity index (χ3v) is 9.27. The average Bonchev–Trinajstić information content (AvgIpc) is 3.17. The zero-order valence-corrected chi connectivity index (χ0v) is 15.6. The molecule has 1 fully saturated rings. The van der Waals surface area contributed by atoms with Gasteiger partial charge in [0, 0.05) is 0 Å². The van der Waals surface area contributed by atoms with Gasteiger partial charge in [-0.2, -0.15) is 0 Å². The van der Waals surface area contributed by atoms with E-state index in [0.717, 1.165) is 35.7 Å². The zero-order chi connectivity index (χ0) is 17.5. The van der Waals surface area contributed by atoms with E-state index >= 15 is 0 Å². The monoisotopic (exact) mass is 358 g/mol. The first-order valence-electron chi connectivity index (χ1n) is 8.36. The van der Waals surface area contributed by atoms with E-state index in [9.17, 15) is 0 Å². The number of likely N-dealkylation sites (N-methyl/N-ethyl adjacent to an activating group) is 2. The summed E-state index contributed by atoms with van der Waals surface area (Å²) in [5.74, 6) is 1.46. The Bertz CT molecular complexity index is 744. The molecule has 0 atom stereocenters.